The number of sulfonamides is 1. The summed E-state index contributed by atoms with van der Waals surface area (Å²) in [7, 11) is -3.54. The molecule has 1 saturated heterocycles. The zero-order valence-electron chi connectivity index (χ0n) is 19.0. The molecule has 4 N–H and O–H groups in total. The van der Waals surface area contributed by atoms with E-state index in [4.69, 9.17) is 0 Å². The highest BCUT2D eigenvalue weighted by atomic mass is 32.2. The first kappa shape index (κ1) is 26.9. The lowest BCUT2D eigenvalue weighted by molar-refractivity contribution is -0.139. The first-order chi connectivity index (χ1) is 15.5. The van der Waals surface area contributed by atoms with Gasteiger partial charge in [-0.1, -0.05) is 32.0 Å². The standard InChI is InChI=1S/C22H33N3O7S/c1-22(2,15-26)19(28)21(30)23-11-8-18(27)20(29)24-14-16-9-12-25(13-10-16)33(31,32)17-6-4-3-5-7-17/h3-7,16,19,26,28H,8-15H2,1-2H3,(H,23,30)(H,24,29). The molecule has 1 aliphatic rings. The molecule has 2 rings (SSSR count). The molecule has 1 aromatic rings. The fourth-order valence-electron chi connectivity index (χ4n) is 3.38. The third-order valence-corrected chi connectivity index (χ3v) is 7.72. The van der Waals surface area contributed by atoms with Crippen molar-refractivity contribution in [3.63, 3.8) is 0 Å². The predicted octanol–water partition coefficient (Wildman–Crippen LogP) is -0.342. The van der Waals surface area contributed by atoms with Gasteiger partial charge in [0.15, 0.2) is 0 Å². The second-order valence-corrected chi connectivity index (χ2v) is 10.8. The fraction of sp³-hybridized carbons (Fsp3) is 0.591. The van der Waals surface area contributed by atoms with Crippen LogP contribution in [0.3, 0.4) is 0 Å². The summed E-state index contributed by atoms with van der Waals surface area (Å²) in [5, 5.41) is 24.1. The van der Waals surface area contributed by atoms with Gasteiger partial charge in [-0.25, -0.2) is 8.42 Å². The molecule has 1 aromatic carbocycles. The average Bonchev–Trinajstić information content (AvgIpc) is 2.82. The van der Waals surface area contributed by atoms with Gasteiger partial charge in [0.2, 0.25) is 21.7 Å². The molecule has 2 amide bonds. The number of rotatable bonds is 11. The summed E-state index contributed by atoms with van der Waals surface area (Å²) >= 11 is 0. The molecule has 1 atom stereocenters. The van der Waals surface area contributed by atoms with Crippen LogP contribution in [0.25, 0.3) is 0 Å². The first-order valence-corrected chi connectivity index (χ1v) is 12.4. The number of piperidine rings is 1. The summed E-state index contributed by atoms with van der Waals surface area (Å²) in [4.78, 5) is 36.2. The van der Waals surface area contributed by atoms with E-state index in [2.05, 4.69) is 10.6 Å². The van der Waals surface area contributed by atoms with Crippen LogP contribution in [-0.2, 0) is 24.4 Å². The quantitative estimate of drug-likeness (QED) is 0.314. The molecular formula is C22H33N3O7S. The lowest BCUT2D eigenvalue weighted by atomic mass is 9.87. The van der Waals surface area contributed by atoms with Gasteiger partial charge in [-0.3, -0.25) is 14.4 Å². The minimum Gasteiger partial charge on any atom is -0.396 e. The van der Waals surface area contributed by atoms with Crippen LogP contribution >= 0.6 is 0 Å². The van der Waals surface area contributed by atoms with E-state index >= 15 is 0 Å². The summed E-state index contributed by atoms with van der Waals surface area (Å²) in [6.07, 6.45) is -0.537. The van der Waals surface area contributed by atoms with Crippen LogP contribution in [0.4, 0.5) is 0 Å². The smallest absolute Gasteiger partial charge is 0.287 e. The molecule has 1 unspecified atom stereocenters. The van der Waals surface area contributed by atoms with E-state index in [0.29, 0.717) is 25.9 Å². The Bertz CT molecular complexity index is 927. The van der Waals surface area contributed by atoms with E-state index in [1.807, 2.05) is 0 Å². The summed E-state index contributed by atoms with van der Waals surface area (Å²) < 4.78 is 26.8. The van der Waals surface area contributed by atoms with E-state index in [9.17, 15) is 33.0 Å². The van der Waals surface area contributed by atoms with Gasteiger partial charge in [-0.05, 0) is 30.9 Å². The number of ketones is 1. The number of Topliss-reactive ketones (excluding diaryl/α,β-unsaturated/α-hetero) is 1. The molecule has 0 spiro atoms. The lowest BCUT2D eigenvalue weighted by Crippen LogP contribution is -2.46. The number of aliphatic hydroxyl groups is 2. The monoisotopic (exact) mass is 483 g/mol. The highest BCUT2D eigenvalue weighted by molar-refractivity contribution is 7.89. The fourth-order valence-corrected chi connectivity index (χ4v) is 4.87. The van der Waals surface area contributed by atoms with Gasteiger partial charge in [-0.15, -0.1) is 0 Å². The molecule has 10 nitrogen and oxygen atoms in total. The number of aliphatic hydroxyl groups excluding tert-OH is 2. The Kier molecular flexibility index (Phi) is 9.53. The Morgan fingerprint density at radius 3 is 2.30 bits per heavy atom. The first-order valence-electron chi connectivity index (χ1n) is 10.9. The van der Waals surface area contributed by atoms with Gasteiger partial charge in [0.1, 0.15) is 6.10 Å². The largest absolute Gasteiger partial charge is 0.396 e. The number of nitrogens with zero attached hydrogens (tertiary/aromatic N) is 1. The van der Waals surface area contributed by atoms with Crippen LogP contribution in [0.5, 0.6) is 0 Å². The second-order valence-electron chi connectivity index (χ2n) is 8.88. The van der Waals surface area contributed by atoms with Crippen LogP contribution in [0.1, 0.15) is 33.1 Å². The van der Waals surface area contributed by atoms with Crippen molar-refractivity contribution in [3.05, 3.63) is 30.3 Å². The Morgan fingerprint density at radius 2 is 1.73 bits per heavy atom. The molecule has 11 heteroatoms. The van der Waals surface area contributed by atoms with E-state index in [1.165, 1.54) is 18.2 Å². The van der Waals surface area contributed by atoms with Gasteiger partial charge in [0, 0.05) is 38.0 Å². The van der Waals surface area contributed by atoms with E-state index in [-0.39, 0.29) is 36.9 Å². The molecule has 0 bridgehead atoms. The van der Waals surface area contributed by atoms with Crippen molar-refractivity contribution in [2.75, 3.05) is 32.8 Å². The van der Waals surface area contributed by atoms with Gasteiger partial charge in [0.05, 0.1) is 11.5 Å². The van der Waals surface area contributed by atoms with Crippen molar-refractivity contribution in [2.45, 2.75) is 44.1 Å². The molecule has 0 aliphatic carbocycles. The number of amides is 2. The number of carbonyl (C=O) groups excluding carboxylic acids is 3. The summed E-state index contributed by atoms with van der Waals surface area (Å²) in [5.74, 6) is -2.13. The van der Waals surface area contributed by atoms with Crippen molar-refractivity contribution < 1.29 is 33.0 Å². The third-order valence-electron chi connectivity index (χ3n) is 5.81. The molecule has 1 aliphatic heterocycles. The molecule has 0 saturated carbocycles. The topological polar surface area (TPSA) is 153 Å². The maximum Gasteiger partial charge on any atom is 0.287 e. The van der Waals surface area contributed by atoms with Crippen molar-refractivity contribution in [1.29, 1.82) is 0 Å². The molecule has 1 fully saturated rings. The SMILES string of the molecule is CC(C)(CO)C(O)C(=O)NCCC(=O)C(=O)NCC1CCN(S(=O)(=O)c2ccccc2)CC1. The van der Waals surface area contributed by atoms with Gasteiger partial charge < -0.3 is 20.8 Å². The van der Waals surface area contributed by atoms with Crippen molar-refractivity contribution in [1.82, 2.24) is 14.9 Å². The molecule has 1 heterocycles. The number of hydrogen-bond donors (Lipinski definition) is 4. The number of hydrogen-bond acceptors (Lipinski definition) is 7. The minimum atomic E-state index is -3.54. The van der Waals surface area contributed by atoms with Crippen molar-refractivity contribution in [2.24, 2.45) is 11.3 Å². The maximum absolute atomic E-state index is 12.7. The van der Waals surface area contributed by atoms with Gasteiger partial charge in [0.25, 0.3) is 5.91 Å². The summed E-state index contributed by atoms with van der Waals surface area (Å²) in [6.45, 7) is 3.49. The maximum atomic E-state index is 12.7. The number of benzene rings is 1. The zero-order valence-corrected chi connectivity index (χ0v) is 19.8. The Morgan fingerprint density at radius 1 is 1.12 bits per heavy atom. The van der Waals surface area contributed by atoms with E-state index in [0.717, 1.165) is 0 Å². The van der Waals surface area contributed by atoms with Crippen LogP contribution in [0.15, 0.2) is 35.2 Å². The zero-order chi connectivity index (χ0) is 24.6. The molecule has 0 aromatic heterocycles. The third kappa shape index (κ3) is 7.32. The van der Waals surface area contributed by atoms with Crippen LogP contribution in [0, 0.1) is 11.3 Å². The Hall–Kier alpha value is -2.34. The van der Waals surface area contributed by atoms with E-state index in [1.54, 1.807) is 30.3 Å². The van der Waals surface area contributed by atoms with Gasteiger partial charge in [-0.2, -0.15) is 4.31 Å². The van der Waals surface area contributed by atoms with Gasteiger partial charge >= 0.3 is 0 Å². The molecule has 0 radical (unpaired) electrons. The predicted molar refractivity (Wildman–Crippen MR) is 120 cm³/mol. The highest BCUT2D eigenvalue weighted by Gasteiger charge is 2.33. The average molecular weight is 484 g/mol. The summed E-state index contributed by atoms with van der Waals surface area (Å²) in [6, 6.07) is 8.23. The number of nitrogens with one attached hydrogen (secondary N) is 2. The van der Waals surface area contributed by atoms with Crippen molar-refractivity contribution in [3.8, 4) is 0 Å². The van der Waals surface area contributed by atoms with Crippen LogP contribution < -0.4 is 10.6 Å². The Balaban J connectivity index is 1.71. The Labute approximate surface area is 194 Å². The normalized spacial score (nSPS) is 16.7. The summed E-state index contributed by atoms with van der Waals surface area (Å²) in [5.41, 5.74) is -1.03. The highest BCUT2D eigenvalue weighted by Crippen LogP contribution is 2.23. The minimum absolute atomic E-state index is 0.0551. The van der Waals surface area contributed by atoms with E-state index < -0.39 is 39.1 Å². The van der Waals surface area contributed by atoms with Crippen LogP contribution in [0.2, 0.25) is 0 Å². The van der Waals surface area contributed by atoms with Crippen molar-refractivity contribution >= 4 is 27.6 Å². The molecule has 184 valence electrons. The molecular weight excluding hydrogens is 450 g/mol. The molecule has 33 heavy (non-hydrogen) atoms. The second kappa shape index (κ2) is 11.7. The number of carbonyl (C=O) groups is 3. The van der Waals surface area contributed by atoms with Crippen LogP contribution in [-0.4, -0.2) is 79.4 Å². The lowest BCUT2D eigenvalue weighted by Gasteiger charge is -2.31.